The zero-order chi connectivity index (χ0) is 13.1. The first-order valence-electron chi connectivity index (χ1n) is 5.03. The summed E-state index contributed by atoms with van der Waals surface area (Å²) in [6, 6.07) is 8.38. The summed E-state index contributed by atoms with van der Waals surface area (Å²) in [7, 11) is 0. The number of aromatic carboxylic acids is 1. The summed E-state index contributed by atoms with van der Waals surface area (Å²) in [4.78, 5) is 22.7. The average molecular weight is 246 g/mol. The second kappa shape index (κ2) is 4.58. The van der Waals surface area contributed by atoms with Crippen molar-refractivity contribution in [2.24, 2.45) is 0 Å². The molecule has 2 rings (SSSR count). The summed E-state index contributed by atoms with van der Waals surface area (Å²) in [5.41, 5.74) is 5.55. The summed E-state index contributed by atoms with van der Waals surface area (Å²) in [5.74, 6) is -1.92. The molecule has 0 spiro atoms. The van der Waals surface area contributed by atoms with E-state index in [2.05, 4.69) is 15.5 Å². The number of nitrogens with one attached hydrogen (secondary N) is 2. The van der Waals surface area contributed by atoms with Gasteiger partial charge in [0.2, 0.25) is 0 Å². The van der Waals surface area contributed by atoms with Gasteiger partial charge in [-0.25, -0.2) is 4.79 Å². The van der Waals surface area contributed by atoms with Crippen molar-refractivity contribution in [1.29, 1.82) is 0 Å². The van der Waals surface area contributed by atoms with Gasteiger partial charge in [-0.1, -0.05) is 18.2 Å². The molecule has 7 heteroatoms. The van der Waals surface area contributed by atoms with Crippen molar-refractivity contribution in [3.05, 3.63) is 41.5 Å². The lowest BCUT2D eigenvalue weighted by Gasteiger charge is -2.02. The number of amides is 1. The third-order valence-electron chi connectivity index (χ3n) is 2.28. The van der Waals surface area contributed by atoms with E-state index >= 15 is 0 Å². The number of anilines is 2. The van der Waals surface area contributed by atoms with Crippen molar-refractivity contribution in [2.75, 3.05) is 11.1 Å². The standard InChI is InChI=1S/C11H10N4O3/c12-8-7(11(17)18)9(15-14-8)13-10(16)6-4-2-1-3-5-6/h1-5H,(H,17,18)(H4,12,13,14,15,16). The SMILES string of the molecule is Nc1[nH]nc(NC(=O)c2ccccc2)c1C(=O)O. The minimum atomic E-state index is -1.26. The highest BCUT2D eigenvalue weighted by Crippen LogP contribution is 2.18. The number of aromatic nitrogens is 2. The van der Waals surface area contributed by atoms with Crippen LogP contribution in [0.5, 0.6) is 0 Å². The minimum absolute atomic E-state index is 0.103. The third-order valence-corrected chi connectivity index (χ3v) is 2.28. The van der Waals surface area contributed by atoms with Crippen LogP contribution in [0.3, 0.4) is 0 Å². The Balaban J connectivity index is 2.25. The predicted molar refractivity (Wildman–Crippen MR) is 64.4 cm³/mol. The lowest BCUT2D eigenvalue weighted by molar-refractivity contribution is 0.0699. The molecule has 7 nitrogen and oxygen atoms in total. The predicted octanol–water partition coefficient (Wildman–Crippen LogP) is 0.942. The van der Waals surface area contributed by atoms with Crippen LogP contribution in [-0.2, 0) is 0 Å². The molecule has 1 aromatic heterocycles. The highest BCUT2D eigenvalue weighted by Gasteiger charge is 2.20. The van der Waals surface area contributed by atoms with Gasteiger partial charge in [0, 0.05) is 5.56 Å². The zero-order valence-corrected chi connectivity index (χ0v) is 9.18. The first-order chi connectivity index (χ1) is 8.59. The van der Waals surface area contributed by atoms with E-state index in [1.165, 1.54) is 0 Å². The Morgan fingerprint density at radius 1 is 1.28 bits per heavy atom. The van der Waals surface area contributed by atoms with Crippen LogP contribution in [0.4, 0.5) is 11.6 Å². The van der Waals surface area contributed by atoms with Crippen LogP contribution in [0.2, 0.25) is 0 Å². The van der Waals surface area contributed by atoms with Crippen molar-refractivity contribution in [2.45, 2.75) is 0 Å². The molecule has 2 aromatic rings. The number of carbonyl (C=O) groups is 2. The van der Waals surface area contributed by atoms with Crippen LogP contribution in [0, 0.1) is 0 Å². The third kappa shape index (κ3) is 2.14. The average Bonchev–Trinajstić information content (AvgIpc) is 2.71. The molecule has 0 saturated carbocycles. The number of benzene rings is 1. The molecule has 5 N–H and O–H groups in total. The molecule has 0 radical (unpaired) electrons. The molecule has 1 aromatic carbocycles. The van der Waals surface area contributed by atoms with Gasteiger partial charge in [-0.05, 0) is 12.1 Å². The van der Waals surface area contributed by atoms with Crippen molar-refractivity contribution >= 4 is 23.5 Å². The maximum Gasteiger partial charge on any atom is 0.343 e. The van der Waals surface area contributed by atoms with E-state index in [9.17, 15) is 9.59 Å². The first kappa shape index (κ1) is 11.6. The number of hydrogen-bond acceptors (Lipinski definition) is 4. The van der Waals surface area contributed by atoms with Crippen molar-refractivity contribution in [3.8, 4) is 0 Å². The number of hydrogen-bond donors (Lipinski definition) is 4. The number of carboxylic acids is 1. The summed E-state index contributed by atoms with van der Waals surface area (Å²) < 4.78 is 0. The van der Waals surface area contributed by atoms with E-state index in [0.717, 1.165) is 0 Å². The molecular formula is C11H10N4O3. The summed E-state index contributed by atoms with van der Waals surface area (Å²) in [5, 5.41) is 17.3. The van der Waals surface area contributed by atoms with Crippen LogP contribution in [0.25, 0.3) is 0 Å². The molecule has 18 heavy (non-hydrogen) atoms. The van der Waals surface area contributed by atoms with Gasteiger partial charge in [0.05, 0.1) is 0 Å². The second-order valence-corrected chi connectivity index (χ2v) is 3.49. The van der Waals surface area contributed by atoms with Crippen molar-refractivity contribution in [1.82, 2.24) is 10.2 Å². The Hall–Kier alpha value is -2.83. The van der Waals surface area contributed by atoms with Crippen LogP contribution in [0.15, 0.2) is 30.3 Å². The quantitative estimate of drug-likeness (QED) is 0.642. The van der Waals surface area contributed by atoms with E-state index in [1.54, 1.807) is 30.3 Å². The van der Waals surface area contributed by atoms with Crippen LogP contribution in [-0.4, -0.2) is 27.2 Å². The van der Waals surface area contributed by atoms with Gasteiger partial charge in [-0.3, -0.25) is 9.89 Å². The molecule has 0 aliphatic heterocycles. The van der Waals surface area contributed by atoms with Gasteiger partial charge in [-0.2, -0.15) is 5.10 Å². The van der Waals surface area contributed by atoms with E-state index in [0.29, 0.717) is 5.56 Å². The van der Waals surface area contributed by atoms with Crippen molar-refractivity contribution < 1.29 is 14.7 Å². The Labute approximate surface area is 102 Å². The molecule has 1 heterocycles. The molecule has 0 aliphatic rings. The summed E-state index contributed by atoms with van der Waals surface area (Å²) in [6.45, 7) is 0. The zero-order valence-electron chi connectivity index (χ0n) is 9.18. The number of aromatic amines is 1. The molecule has 92 valence electrons. The lowest BCUT2D eigenvalue weighted by atomic mass is 10.2. The number of nitrogens with zero attached hydrogens (tertiary/aromatic N) is 1. The molecule has 0 saturated heterocycles. The molecule has 0 bridgehead atoms. The monoisotopic (exact) mass is 246 g/mol. The molecular weight excluding hydrogens is 236 g/mol. The Bertz CT molecular complexity index is 592. The Morgan fingerprint density at radius 3 is 2.56 bits per heavy atom. The van der Waals surface area contributed by atoms with Crippen LogP contribution < -0.4 is 11.1 Å². The van der Waals surface area contributed by atoms with E-state index < -0.39 is 11.9 Å². The van der Waals surface area contributed by atoms with Gasteiger partial charge < -0.3 is 16.2 Å². The molecule has 0 fully saturated rings. The maximum absolute atomic E-state index is 11.8. The second-order valence-electron chi connectivity index (χ2n) is 3.49. The molecule has 0 aliphatic carbocycles. The van der Waals surface area contributed by atoms with Gasteiger partial charge in [-0.15, -0.1) is 0 Å². The largest absolute Gasteiger partial charge is 0.477 e. The van der Waals surface area contributed by atoms with Gasteiger partial charge in [0.15, 0.2) is 5.82 Å². The topological polar surface area (TPSA) is 121 Å². The minimum Gasteiger partial charge on any atom is -0.477 e. The number of H-pyrrole nitrogens is 1. The summed E-state index contributed by atoms with van der Waals surface area (Å²) in [6.07, 6.45) is 0. The highest BCUT2D eigenvalue weighted by molar-refractivity contribution is 6.08. The van der Waals surface area contributed by atoms with Crippen molar-refractivity contribution in [3.63, 3.8) is 0 Å². The van der Waals surface area contributed by atoms with E-state index in [1.807, 2.05) is 0 Å². The van der Waals surface area contributed by atoms with Crippen LogP contribution in [0.1, 0.15) is 20.7 Å². The summed E-state index contributed by atoms with van der Waals surface area (Å²) >= 11 is 0. The fourth-order valence-electron chi connectivity index (χ4n) is 1.43. The van der Waals surface area contributed by atoms with Gasteiger partial charge in [0.25, 0.3) is 5.91 Å². The molecule has 1 amide bonds. The smallest absolute Gasteiger partial charge is 0.343 e. The normalized spacial score (nSPS) is 10.0. The maximum atomic E-state index is 11.8. The molecule has 0 atom stereocenters. The van der Waals surface area contributed by atoms with E-state index in [-0.39, 0.29) is 17.2 Å². The van der Waals surface area contributed by atoms with Crippen LogP contribution >= 0.6 is 0 Å². The fraction of sp³-hybridized carbons (Fsp3) is 0. The number of carboxylic acid groups (broad SMARTS) is 1. The number of rotatable bonds is 3. The lowest BCUT2D eigenvalue weighted by Crippen LogP contribution is -2.14. The number of nitrogens with two attached hydrogens (primary N) is 1. The first-order valence-corrected chi connectivity index (χ1v) is 5.03. The van der Waals surface area contributed by atoms with E-state index in [4.69, 9.17) is 10.8 Å². The highest BCUT2D eigenvalue weighted by atomic mass is 16.4. The van der Waals surface area contributed by atoms with Gasteiger partial charge >= 0.3 is 5.97 Å². The number of nitrogen functional groups attached to an aromatic ring is 1. The number of carbonyl (C=O) groups excluding carboxylic acids is 1. The fourth-order valence-corrected chi connectivity index (χ4v) is 1.43. The molecule has 0 unspecified atom stereocenters. The Morgan fingerprint density at radius 2 is 1.94 bits per heavy atom. The van der Waals surface area contributed by atoms with Gasteiger partial charge in [0.1, 0.15) is 11.4 Å². The Kier molecular flexibility index (Phi) is 2.96.